The van der Waals surface area contributed by atoms with Crippen molar-refractivity contribution in [1.82, 2.24) is 4.98 Å². The number of aryl methyl sites for hydroxylation is 1. The van der Waals surface area contributed by atoms with Crippen LogP contribution in [0.1, 0.15) is 21.5 Å². The minimum Gasteiger partial charge on any atom is -0.477 e. The van der Waals surface area contributed by atoms with Crippen LogP contribution in [-0.2, 0) is 6.18 Å². The van der Waals surface area contributed by atoms with Crippen molar-refractivity contribution in [1.29, 1.82) is 0 Å². The fourth-order valence-corrected chi connectivity index (χ4v) is 2.73. The number of rotatable bonds is 4. The lowest BCUT2D eigenvalue weighted by atomic mass is 10.0. The fourth-order valence-electron chi connectivity index (χ4n) is 2.56. The van der Waals surface area contributed by atoms with Crippen molar-refractivity contribution < 1.29 is 32.2 Å². The number of halogens is 5. The molecule has 29 heavy (non-hydrogen) atoms. The van der Waals surface area contributed by atoms with Gasteiger partial charge in [0, 0.05) is 5.56 Å². The Morgan fingerprint density at radius 1 is 1.14 bits per heavy atom. The van der Waals surface area contributed by atoms with Gasteiger partial charge in [0.2, 0.25) is 5.88 Å². The van der Waals surface area contributed by atoms with Gasteiger partial charge in [0.25, 0.3) is 0 Å². The van der Waals surface area contributed by atoms with E-state index >= 15 is 0 Å². The quantitative estimate of drug-likeness (QED) is 0.494. The predicted molar refractivity (Wildman–Crippen MR) is 97.9 cm³/mol. The molecule has 3 aromatic rings. The highest BCUT2D eigenvalue weighted by molar-refractivity contribution is 6.32. The van der Waals surface area contributed by atoms with Crippen molar-refractivity contribution >= 4 is 17.6 Å². The van der Waals surface area contributed by atoms with Crippen LogP contribution < -0.4 is 4.74 Å². The highest BCUT2D eigenvalue weighted by Crippen LogP contribution is 2.40. The SMILES string of the molecule is Cc1ccc(-c2cc(C(F)(F)F)c(C(=O)O)c(Oc3ccccc3Cl)n2)cc1F. The topological polar surface area (TPSA) is 59.4 Å². The van der Waals surface area contributed by atoms with Crippen LogP contribution in [0.25, 0.3) is 11.3 Å². The van der Waals surface area contributed by atoms with Gasteiger partial charge in [-0.05, 0) is 36.8 Å². The lowest BCUT2D eigenvalue weighted by molar-refractivity contribution is -0.138. The fraction of sp³-hybridized carbons (Fsp3) is 0.100. The van der Waals surface area contributed by atoms with Crippen LogP contribution in [-0.4, -0.2) is 16.1 Å². The smallest absolute Gasteiger partial charge is 0.417 e. The third-order valence-electron chi connectivity index (χ3n) is 4.02. The third kappa shape index (κ3) is 4.32. The van der Waals surface area contributed by atoms with Crippen LogP contribution in [0.2, 0.25) is 5.02 Å². The molecule has 2 aromatic carbocycles. The molecule has 0 radical (unpaired) electrons. The lowest BCUT2D eigenvalue weighted by Crippen LogP contribution is -2.16. The van der Waals surface area contributed by atoms with Crippen LogP contribution in [0.5, 0.6) is 11.6 Å². The van der Waals surface area contributed by atoms with Crippen molar-refractivity contribution in [2.45, 2.75) is 13.1 Å². The van der Waals surface area contributed by atoms with E-state index in [0.717, 1.165) is 6.07 Å². The second-order valence-corrected chi connectivity index (χ2v) is 6.44. The van der Waals surface area contributed by atoms with Gasteiger partial charge in [-0.15, -0.1) is 0 Å². The van der Waals surface area contributed by atoms with E-state index in [2.05, 4.69) is 4.98 Å². The van der Waals surface area contributed by atoms with Crippen LogP contribution >= 0.6 is 11.6 Å². The van der Waals surface area contributed by atoms with Crippen LogP contribution in [0.15, 0.2) is 48.5 Å². The second kappa shape index (κ2) is 7.71. The van der Waals surface area contributed by atoms with Crippen LogP contribution in [0.4, 0.5) is 17.6 Å². The average molecular weight is 426 g/mol. The number of aromatic carboxylic acids is 1. The van der Waals surface area contributed by atoms with Crippen LogP contribution in [0, 0.1) is 12.7 Å². The van der Waals surface area contributed by atoms with Crippen molar-refractivity contribution in [2.75, 3.05) is 0 Å². The van der Waals surface area contributed by atoms with Crippen molar-refractivity contribution in [3.05, 3.63) is 76.1 Å². The minimum atomic E-state index is -5.02. The van der Waals surface area contributed by atoms with E-state index in [4.69, 9.17) is 16.3 Å². The number of hydrogen-bond donors (Lipinski definition) is 1. The summed E-state index contributed by atoms with van der Waals surface area (Å²) in [7, 11) is 0. The van der Waals surface area contributed by atoms with E-state index < -0.39 is 35.0 Å². The molecule has 0 atom stereocenters. The number of aromatic nitrogens is 1. The highest BCUT2D eigenvalue weighted by Gasteiger charge is 2.39. The number of pyridine rings is 1. The Hall–Kier alpha value is -3.13. The predicted octanol–water partition coefficient (Wildman–Crippen LogP) is 6.36. The summed E-state index contributed by atoms with van der Waals surface area (Å²) in [6.45, 7) is 1.49. The van der Waals surface area contributed by atoms with Gasteiger partial charge in [-0.1, -0.05) is 35.9 Å². The highest BCUT2D eigenvalue weighted by atomic mass is 35.5. The number of hydrogen-bond acceptors (Lipinski definition) is 3. The molecular formula is C20H12ClF4NO3. The summed E-state index contributed by atoms with van der Waals surface area (Å²) in [4.78, 5) is 15.5. The zero-order valence-electron chi connectivity index (χ0n) is 14.7. The molecule has 1 N–H and O–H groups in total. The van der Waals surface area contributed by atoms with E-state index in [1.165, 1.54) is 37.3 Å². The van der Waals surface area contributed by atoms with Gasteiger partial charge in [0.05, 0.1) is 16.3 Å². The minimum absolute atomic E-state index is 0.0274. The molecule has 150 valence electrons. The van der Waals surface area contributed by atoms with Crippen molar-refractivity contribution in [3.8, 4) is 22.9 Å². The van der Waals surface area contributed by atoms with E-state index in [9.17, 15) is 27.5 Å². The van der Waals surface area contributed by atoms with E-state index in [1.54, 1.807) is 6.07 Å². The first kappa shape index (κ1) is 20.6. The number of benzene rings is 2. The van der Waals surface area contributed by atoms with Gasteiger partial charge in [-0.2, -0.15) is 13.2 Å². The number of nitrogens with zero attached hydrogens (tertiary/aromatic N) is 1. The molecule has 0 fully saturated rings. The maximum atomic E-state index is 13.9. The molecule has 3 rings (SSSR count). The summed E-state index contributed by atoms with van der Waals surface area (Å²) in [6.07, 6.45) is -5.02. The first-order chi connectivity index (χ1) is 13.6. The summed E-state index contributed by atoms with van der Waals surface area (Å²) >= 11 is 5.96. The average Bonchev–Trinajstić information content (AvgIpc) is 2.64. The Morgan fingerprint density at radius 2 is 1.83 bits per heavy atom. The van der Waals surface area contributed by atoms with Crippen LogP contribution in [0.3, 0.4) is 0 Å². The Labute approximate surface area is 167 Å². The molecule has 0 aliphatic rings. The number of carboxylic acid groups (broad SMARTS) is 1. The first-order valence-corrected chi connectivity index (χ1v) is 8.50. The molecule has 0 saturated carbocycles. The zero-order chi connectivity index (χ0) is 21.3. The molecule has 0 aliphatic heterocycles. The van der Waals surface area contributed by atoms with E-state index in [-0.39, 0.29) is 22.0 Å². The molecule has 0 spiro atoms. The molecule has 0 unspecified atom stereocenters. The number of para-hydroxylation sites is 1. The molecule has 1 heterocycles. The summed E-state index contributed by atoms with van der Waals surface area (Å²) in [5.41, 5.74) is -2.63. The Morgan fingerprint density at radius 3 is 2.41 bits per heavy atom. The Bertz CT molecular complexity index is 1100. The Kier molecular flexibility index (Phi) is 5.48. The van der Waals surface area contributed by atoms with Gasteiger partial charge in [0.15, 0.2) is 0 Å². The van der Waals surface area contributed by atoms with Crippen molar-refractivity contribution in [2.24, 2.45) is 0 Å². The summed E-state index contributed by atoms with van der Waals surface area (Å²) < 4.78 is 60.0. The van der Waals surface area contributed by atoms with Gasteiger partial charge >= 0.3 is 12.1 Å². The first-order valence-electron chi connectivity index (χ1n) is 8.12. The number of carboxylic acids is 1. The van der Waals surface area contributed by atoms with E-state index in [0.29, 0.717) is 11.6 Å². The van der Waals surface area contributed by atoms with Gasteiger partial charge < -0.3 is 9.84 Å². The number of alkyl halides is 3. The van der Waals surface area contributed by atoms with Gasteiger partial charge in [0.1, 0.15) is 17.1 Å². The molecule has 0 amide bonds. The monoisotopic (exact) mass is 425 g/mol. The normalized spacial score (nSPS) is 11.4. The standard InChI is InChI=1S/C20H12ClF4NO3/c1-10-6-7-11(8-14(10)22)15-9-12(20(23,24)25)17(19(27)28)18(26-15)29-16-5-3-2-4-13(16)21/h2-9H,1H3,(H,27,28). The Balaban J connectivity index is 2.27. The summed E-state index contributed by atoms with van der Waals surface area (Å²) in [5, 5.41) is 9.43. The molecule has 9 heteroatoms. The molecule has 0 aliphatic carbocycles. The molecular weight excluding hydrogens is 414 g/mol. The molecule has 0 saturated heterocycles. The summed E-state index contributed by atoms with van der Waals surface area (Å²) in [5.74, 6) is -3.41. The molecule has 1 aromatic heterocycles. The molecule has 4 nitrogen and oxygen atoms in total. The van der Waals surface area contributed by atoms with E-state index in [1.807, 2.05) is 0 Å². The molecule has 0 bridgehead atoms. The number of ether oxygens (including phenoxy) is 1. The van der Waals surface area contributed by atoms with Crippen molar-refractivity contribution in [3.63, 3.8) is 0 Å². The third-order valence-corrected chi connectivity index (χ3v) is 4.33. The van der Waals surface area contributed by atoms with Gasteiger partial charge in [-0.25, -0.2) is 14.2 Å². The number of carbonyl (C=O) groups is 1. The summed E-state index contributed by atoms with van der Waals surface area (Å²) in [6, 6.07) is 10.1. The lowest BCUT2D eigenvalue weighted by Gasteiger charge is -2.16. The second-order valence-electron chi connectivity index (χ2n) is 6.03. The van der Waals surface area contributed by atoms with Gasteiger partial charge in [-0.3, -0.25) is 0 Å². The maximum Gasteiger partial charge on any atom is 0.417 e. The maximum absolute atomic E-state index is 13.9. The largest absolute Gasteiger partial charge is 0.477 e. The zero-order valence-corrected chi connectivity index (χ0v) is 15.5.